The molecule has 0 aliphatic heterocycles. The van der Waals surface area contributed by atoms with Crippen LogP contribution in [0.3, 0.4) is 0 Å². The fraction of sp³-hybridized carbons (Fsp3) is 0.393. The second-order valence-electron chi connectivity index (χ2n) is 9.44. The summed E-state index contributed by atoms with van der Waals surface area (Å²) in [5, 5.41) is 14.6. The van der Waals surface area contributed by atoms with Gasteiger partial charge < -0.3 is 19.9 Å². The van der Waals surface area contributed by atoms with E-state index in [1.54, 1.807) is 0 Å². The second-order valence-corrected chi connectivity index (χ2v) is 9.44. The van der Waals surface area contributed by atoms with Crippen LogP contribution in [0.5, 0.6) is 0 Å². The number of pyridine rings is 1. The van der Waals surface area contributed by atoms with Crippen LogP contribution in [0.2, 0.25) is 0 Å². The molecule has 7 heteroatoms. The SMILES string of the molecule is CCC(CO)N(c1nc(NCc2ccc(-c3ccccn3)cc2)c2ccn(C(C)C)c2n1)C(C)C. The molecule has 0 spiro atoms. The third-order valence-corrected chi connectivity index (χ3v) is 6.35. The van der Waals surface area contributed by atoms with Crippen molar-refractivity contribution < 1.29 is 5.11 Å². The molecule has 1 unspecified atom stereocenters. The molecule has 2 N–H and O–H groups in total. The standard InChI is InChI=1S/C28H36N6O/c1-6-23(18-35)34(20(4)5)28-31-26(24-14-16-33(19(2)3)27(24)32-28)30-17-21-10-12-22(13-11-21)25-9-7-8-15-29-25/h7-16,19-20,23,35H,6,17-18H2,1-5H3,(H,30,31,32). The number of nitrogens with zero attached hydrogens (tertiary/aromatic N) is 5. The fourth-order valence-electron chi connectivity index (χ4n) is 4.43. The van der Waals surface area contributed by atoms with E-state index in [1.807, 2.05) is 24.4 Å². The summed E-state index contributed by atoms with van der Waals surface area (Å²) in [5.74, 6) is 1.44. The Morgan fingerprint density at radius 1 is 1.00 bits per heavy atom. The highest BCUT2D eigenvalue weighted by Crippen LogP contribution is 2.29. The van der Waals surface area contributed by atoms with E-state index < -0.39 is 0 Å². The van der Waals surface area contributed by atoms with Gasteiger partial charge in [0.2, 0.25) is 5.95 Å². The molecule has 0 amide bonds. The third-order valence-electron chi connectivity index (χ3n) is 6.35. The molecule has 35 heavy (non-hydrogen) atoms. The number of hydrogen-bond acceptors (Lipinski definition) is 6. The lowest BCUT2D eigenvalue weighted by Gasteiger charge is -2.34. The monoisotopic (exact) mass is 472 g/mol. The van der Waals surface area contributed by atoms with E-state index in [0.717, 1.165) is 40.1 Å². The zero-order valence-electron chi connectivity index (χ0n) is 21.3. The molecule has 0 radical (unpaired) electrons. The summed E-state index contributed by atoms with van der Waals surface area (Å²) in [4.78, 5) is 16.5. The van der Waals surface area contributed by atoms with Crippen LogP contribution in [0.1, 0.15) is 52.6 Å². The Kier molecular flexibility index (Phi) is 7.66. The number of nitrogens with one attached hydrogen (secondary N) is 1. The molecule has 4 aromatic rings. The van der Waals surface area contributed by atoms with Crippen LogP contribution in [0.15, 0.2) is 60.9 Å². The average Bonchev–Trinajstić information content (AvgIpc) is 3.31. The number of rotatable bonds is 10. The Bertz CT molecular complexity index is 1230. The molecular formula is C28H36N6O. The van der Waals surface area contributed by atoms with Crippen LogP contribution >= 0.6 is 0 Å². The molecule has 0 aliphatic carbocycles. The molecule has 7 nitrogen and oxygen atoms in total. The minimum absolute atomic E-state index is 0.0399. The molecule has 0 bridgehead atoms. The van der Waals surface area contributed by atoms with Crippen LogP contribution in [0, 0.1) is 0 Å². The van der Waals surface area contributed by atoms with Crippen LogP contribution in [-0.2, 0) is 6.54 Å². The predicted molar refractivity (Wildman–Crippen MR) is 144 cm³/mol. The van der Waals surface area contributed by atoms with Crippen molar-refractivity contribution in [2.45, 2.75) is 65.7 Å². The van der Waals surface area contributed by atoms with Crippen molar-refractivity contribution in [3.05, 3.63) is 66.5 Å². The van der Waals surface area contributed by atoms with Gasteiger partial charge in [0, 0.05) is 36.6 Å². The first-order valence-corrected chi connectivity index (χ1v) is 12.4. The number of fused-ring (bicyclic) bond motifs is 1. The molecule has 0 saturated heterocycles. The lowest BCUT2D eigenvalue weighted by Crippen LogP contribution is -2.43. The fourth-order valence-corrected chi connectivity index (χ4v) is 4.43. The molecule has 0 aliphatic rings. The highest BCUT2D eigenvalue weighted by Gasteiger charge is 2.24. The van der Waals surface area contributed by atoms with E-state index in [0.29, 0.717) is 12.5 Å². The van der Waals surface area contributed by atoms with Gasteiger partial charge in [-0.3, -0.25) is 4.98 Å². The second kappa shape index (κ2) is 10.9. The summed E-state index contributed by atoms with van der Waals surface area (Å²) in [6.07, 6.45) is 4.70. The van der Waals surface area contributed by atoms with Crippen LogP contribution in [0.4, 0.5) is 11.8 Å². The Labute approximate surface area is 207 Å². The normalized spacial score (nSPS) is 12.5. The highest BCUT2D eigenvalue weighted by atomic mass is 16.3. The lowest BCUT2D eigenvalue weighted by molar-refractivity contribution is 0.250. The molecule has 3 heterocycles. The van der Waals surface area contributed by atoms with Gasteiger partial charge in [-0.15, -0.1) is 0 Å². The van der Waals surface area contributed by atoms with E-state index in [4.69, 9.17) is 9.97 Å². The van der Waals surface area contributed by atoms with Gasteiger partial charge in [-0.2, -0.15) is 9.97 Å². The number of benzene rings is 1. The average molecular weight is 473 g/mol. The van der Waals surface area contributed by atoms with Crippen molar-refractivity contribution >= 4 is 22.8 Å². The summed E-state index contributed by atoms with van der Waals surface area (Å²) in [6.45, 7) is 11.3. The van der Waals surface area contributed by atoms with Gasteiger partial charge in [-0.1, -0.05) is 37.3 Å². The van der Waals surface area contributed by atoms with E-state index in [9.17, 15) is 5.11 Å². The van der Waals surface area contributed by atoms with Crippen LogP contribution in [-0.4, -0.2) is 43.3 Å². The predicted octanol–water partition coefficient (Wildman–Crippen LogP) is 5.67. The van der Waals surface area contributed by atoms with Gasteiger partial charge in [-0.25, -0.2) is 0 Å². The number of aromatic nitrogens is 4. The van der Waals surface area contributed by atoms with Crippen molar-refractivity contribution in [3.63, 3.8) is 0 Å². The number of anilines is 2. The Balaban J connectivity index is 1.67. The zero-order chi connectivity index (χ0) is 24.9. The van der Waals surface area contributed by atoms with Crippen molar-refractivity contribution in [2.24, 2.45) is 0 Å². The quantitative estimate of drug-likeness (QED) is 0.309. The first-order valence-electron chi connectivity index (χ1n) is 12.4. The Morgan fingerprint density at radius 2 is 1.77 bits per heavy atom. The summed E-state index contributed by atoms with van der Waals surface area (Å²) < 4.78 is 2.17. The van der Waals surface area contributed by atoms with Crippen molar-refractivity contribution in [1.82, 2.24) is 19.5 Å². The molecular weight excluding hydrogens is 436 g/mol. The Morgan fingerprint density at radius 3 is 2.37 bits per heavy atom. The molecule has 0 fully saturated rings. The molecule has 4 rings (SSSR count). The highest BCUT2D eigenvalue weighted by molar-refractivity contribution is 5.89. The maximum atomic E-state index is 10.0. The van der Waals surface area contributed by atoms with Gasteiger partial charge in [0.25, 0.3) is 0 Å². The number of aliphatic hydroxyl groups excluding tert-OH is 1. The topological polar surface area (TPSA) is 79.1 Å². The van der Waals surface area contributed by atoms with Crippen molar-refractivity contribution in [2.75, 3.05) is 16.8 Å². The molecule has 0 saturated carbocycles. The molecule has 184 valence electrons. The van der Waals surface area contributed by atoms with Gasteiger partial charge in [0.1, 0.15) is 11.5 Å². The minimum Gasteiger partial charge on any atom is -0.394 e. The summed E-state index contributed by atoms with van der Waals surface area (Å²) in [7, 11) is 0. The van der Waals surface area contributed by atoms with Gasteiger partial charge in [0.05, 0.1) is 23.7 Å². The molecule has 3 aromatic heterocycles. The van der Waals surface area contributed by atoms with E-state index >= 15 is 0 Å². The maximum Gasteiger partial charge on any atom is 0.229 e. The molecule has 1 atom stereocenters. The van der Waals surface area contributed by atoms with E-state index in [1.165, 1.54) is 0 Å². The largest absolute Gasteiger partial charge is 0.394 e. The van der Waals surface area contributed by atoms with Gasteiger partial charge in [-0.05, 0) is 57.9 Å². The summed E-state index contributed by atoms with van der Waals surface area (Å²) in [5.41, 5.74) is 4.12. The number of hydrogen-bond donors (Lipinski definition) is 2. The number of aliphatic hydroxyl groups is 1. The first kappa shape index (κ1) is 24.7. The third kappa shape index (κ3) is 5.30. The minimum atomic E-state index is -0.0399. The smallest absolute Gasteiger partial charge is 0.229 e. The summed E-state index contributed by atoms with van der Waals surface area (Å²) >= 11 is 0. The van der Waals surface area contributed by atoms with E-state index in [-0.39, 0.29) is 24.7 Å². The van der Waals surface area contributed by atoms with Crippen LogP contribution < -0.4 is 10.2 Å². The first-order chi connectivity index (χ1) is 16.9. The van der Waals surface area contributed by atoms with Crippen molar-refractivity contribution in [3.8, 4) is 11.3 Å². The van der Waals surface area contributed by atoms with Gasteiger partial charge in [0.15, 0.2) is 0 Å². The Hall–Kier alpha value is -3.45. The van der Waals surface area contributed by atoms with Crippen LogP contribution in [0.25, 0.3) is 22.3 Å². The summed E-state index contributed by atoms with van der Waals surface area (Å²) in [6, 6.07) is 16.8. The maximum absolute atomic E-state index is 10.0. The molecule has 1 aromatic carbocycles. The lowest BCUT2D eigenvalue weighted by atomic mass is 10.1. The zero-order valence-corrected chi connectivity index (χ0v) is 21.3. The van der Waals surface area contributed by atoms with E-state index in [2.05, 4.69) is 90.9 Å². The van der Waals surface area contributed by atoms with Gasteiger partial charge >= 0.3 is 0 Å². The van der Waals surface area contributed by atoms with Crippen molar-refractivity contribution in [1.29, 1.82) is 0 Å².